The average Bonchev–Trinajstić information content (AvgIpc) is 2.69. The Bertz CT molecular complexity index is 714. The van der Waals surface area contributed by atoms with Gasteiger partial charge < -0.3 is 0 Å². The minimum Gasteiger partial charge on any atom is -0.279 e. The van der Waals surface area contributed by atoms with Crippen LogP contribution < -0.4 is 0 Å². The fourth-order valence-electron chi connectivity index (χ4n) is 6.09. The van der Waals surface area contributed by atoms with Gasteiger partial charge in [-0.3, -0.25) is 14.5 Å². The first-order valence-electron chi connectivity index (χ1n) is 9.88. The average molecular weight is 354 g/mol. The van der Waals surface area contributed by atoms with Gasteiger partial charge in [-0.25, -0.2) is 0 Å². The quantitative estimate of drug-likeness (QED) is 0.697. The van der Waals surface area contributed by atoms with E-state index in [0.717, 1.165) is 25.7 Å². The molecule has 0 bridgehead atoms. The summed E-state index contributed by atoms with van der Waals surface area (Å²) in [6.45, 7) is 8.80. The van der Waals surface area contributed by atoms with Gasteiger partial charge in [0.05, 0.1) is 6.07 Å². The zero-order valence-corrected chi connectivity index (χ0v) is 16.4. The molecule has 0 saturated heterocycles. The van der Waals surface area contributed by atoms with Crippen LogP contribution in [0.1, 0.15) is 59.8 Å². The fourth-order valence-corrected chi connectivity index (χ4v) is 6.09. The first kappa shape index (κ1) is 18.9. The van der Waals surface area contributed by atoms with Crippen LogP contribution in [0.25, 0.3) is 0 Å². The molecule has 0 N–H and O–H groups in total. The van der Waals surface area contributed by atoms with Gasteiger partial charge in [0, 0.05) is 26.0 Å². The summed E-state index contributed by atoms with van der Waals surface area (Å²) in [6, 6.07) is 2.31. The van der Waals surface area contributed by atoms with Crippen molar-refractivity contribution in [2.75, 3.05) is 6.54 Å². The van der Waals surface area contributed by atoms with E-state index in [1.165, 1.54) is 23.0 Å². The number of carbonyl (C=O) groups is 2. The number of rotatable bonds is 2. The van der Waals surface area contributed by atoms with Crippen molar-refractivity contribution in [3.63, 3.8) is 0 Å². The summed E-state index contributed by atoms with van der Waals surface area (Å²) in [7, 11) is 0. The first-order chi connectivity index (χ1) is 12.3. The van der Waals surface area contributed by atoms with E-state index in [-0.39, 0.29) is 17.2 Å². The second-order valence-electron chi connectivity index (χ2n) is 8.65. The molecule has 5 atom stereocenters. The van der Waals surface area contributed by atoms with Gasteiger partial charge in [0.15, 0.2) is 0 Å². The molecular weight excluding hydrogens is 324 g/mol. The zero-order valence-electron chi connectivity index (χ0n) is 16.4. The molecule has 4 nitrogen and oxygen atoms in total. The highest BCUT2D eigenvalue weighted by Gasteiger charge is 2.52. The third-order valence-electron chi connectivity index (χ3n) is 7.24. The Hall–Kier alpha value is -1.89. The molecule has 1 aliphatic heterocycles. The van der Waals surface area contributed by atoms with E-state index in [0.29, 0.717) is 36.6 Å². The Kier molecular flexibility index (Phi) is 5.10. The molecule has 140 valence electrons. The summed E-state index contributed by atoms with van der Waals surface area (Å²) in [5, 5.41) is 9.06. The molecule has 2 amide bonds. The lowest BCUT2D eigenvalue weighted by Gasteiger charge is -2.54. The number of fused-ring (bicyclic) bond motifs is 3. The highest BCUT2D eigenvalue weighted by molar-refractivity contribution is 6.00. The standard InChI is InChI=1S/C22H30N2O2/c1-14-12-15(2)21-19(18(14)6-5-10-23)8-7-17-13-20(26)24(16(3)25)11-9-22(17,21)4/h12-13,15,18-19,21H,5-9,11H2,1-4H3/t15-,18-,19+,21+,22+/m1/s1. The van der Waals surface area contributed by atoms with E-state index in [1.54, 1.807) is 6.08 Å². The molecule has 26 heavy (non-hydrogen) atoms. The Morgan fingerprint density at radius 1 is 1.46 bits per heavy atom. The predicted octanol–water partition coefficient (Wildman–Crippen LogP) is 4.24. The molecule has 0 aromatic rings. The molecule has 3 aliphatic rings. The van der Waals surface area contributed by atoms with Crippen molar-refractivity contribution in [1.82, 2.24) is 4.90 Å². The van der Waals surface area contributed by atoms with Gasteiger partial charge in [0.25, 0.3) is 5.91 Å². The van der Waals surface area contributed by atoms with E-state index in [1.807, 2.05) is 0 Å². The smallest absolute Gasteiger partial charge is 0.253 e. The number of imide groups is 1. The maximum absolute atomic E-state index is 12.5. The van der Waals surface area contributed by atoms with Crippen molar-refractivity contribution in [3.8, 4) is 6.07 Å². The normalized spacial score (nSPS) is 36.9. The third kappa shape index (κ3) is 3.02. The van der Waals surface area contributed by atoms with Gasteiger partial charge in [-0.2, -0.15) is 5.26 Å². The Labute approximate surface area is 156 Å². The molecule has 1 saturated carbocycles. The monoisotopic (exact) mass is 354 g/mol. The number of hydrogen-bond donors (Lipinski definition) is 0. The maximum atomic E-state index is 12.5. The number of allylic oxidation sites excluding steroid dienone is 3. The van der Waals surface area contributed by atoms with Crippen LogP contribution in [0.4, 0.5) is 0 Å². The van der Waals surface area contributed by atoms with Gasteiger partial charge in [-0.1, -0.05) is 31.1 Å². The molecule has 2 aliphatic carbocycles. The van der Waals surface area contributed by atoms with Crippen LogP contribution in [0.2, 0.25) is 0 Å². The number of hydrogen-bond acceptors (Lipinski definition) is 3. The van der Waals surface area contributed by atoms with Crippen LogP contribution in [-0.4, -0.2) is 23.3 Å². The molecule has 0 unspecified atom stereocenters. The van der Waals surface area contributed by atoms with E-state index < -0.39 is 0 Å². The number of nitriles is 1. The maximum Gasteiger partial charge on any atom is 0.253 e. The molecule has 1 fully saturated rings. The zero-order chi connectivity index (χ0) is 19.1. The summed E-state index contributed by atoms with van der Waals surface area (Å²) < 4.78 is 0. The van der Waals surface area contributed by atoms with Gasteiger partial charge in [0.2, 0.25) is 5.91 Å². The van der Waals surface area contributed by atoms with Crippen molar-refractivity contribution in [2.24, 2.45) is 29.1 Å². The number of nitrogens with zero attached hydrogens (tertiary/aromatic N) is 2. The summed E-state index contributed by atoms with van der Waals surface area (Å²) in [4.78, 5) is 25.8. The van der Waals surface area contributed by atoms with E-state index in [4.69, 9.17) is 5.26 Å². The van der Waals surface area contributed by atoms with Gasteiger partial charge in [0.1, 0.15) is 0 Å². The summed E-state index contributed by atoms with van der Waals surface area (Å²) in [5.74, 6) is 1.64. The molecule has 3 rings (SSSR count). The molecule has 0 aromatic heterocycles. The largest absolute Gasteiger partial charge is 0.279 e. The summed E-state index contributed by atoms with van der Waals surface area (Å²) in [6.07, 6.45) is 8.53. The summed E-state index contributed by atoms with van der Waals surface area (Å²) in [5.41, 5.74) is 2.61. The second-order valence-corrected chi connectivity index (χ2v) is 8.65. The van der Waals surface area contributed by atoms with Crippen LogP contribution in [-0.2, 0) is 9.59 Å². The Morgan fingerprint density at radius 2 is 2.19 bits per heavy atom. The minimum atomic E-state index is -0.162. The lowest BCUT2D eigenvalue weighted by molar-refractivity contribution is -0.140. The van der Waals surface area contributed by atoms with Gasteiger partial charge in [-0.15, -0.1) is 0 Å². The minimum absolute atomic E-state index is 0.0513. The topological polar surface area (TPSA) is 61.2 Å². The van der Waals surface area contributed by atoms with Crippen LogP contribution >= 0.6 is 0 Å². The van der Waals surface area contributed by atoms with Gasteiger partial charge >= 0.3 is 0 Å². The van der Waals surface area contributed by atoms with Crippen LogP contribution in [0.5, 0.6) is 0 Å². The Balaban J connectivity index is 1.98. The lowest BCUT2D eigenvalue weighted by atomic mass is 9.50. The van der Waals surface area contributed by atoms with Gasteiger partial charge in [-0.05, 0) is 61.7 Å². The van der Waals surface area contributed by atoms with Crippen molar-refractivity contribution in [2.45, 2.75) is 59.8 Å². The lowest BCUT2D eigenvalue weighted by Crippen LogP contribution is -2.47. The van der Waals surface area contributed by atoms with Crippen molar-refractivity contribution in [3.05, 3.63) is 23.3 Å². The fraction of sp³-hybridized carbons (Fsp3) is 0.682. The van der Waals surface area contributed by atoms with E-state index in [2.05, 4.69) is 32.9 Å². The SMILES string of the molecule is CC(=O)N1CC[C@@]2(C)C(=CC1=O)CC[C@@H]1[C@@H]2[C@H](C)C=C(C)[C@H]1CCC#N. The molecule has 0 radical (unpaired) electrons. The molecule has 0 aromatic carbocycles. The third-order valence-corrected chi connectivity index (χ3v) is 7.24. The van der Waals surface area contributed by atoms with E-state index in [9.17, 15) is 9.59 Å². The Morgan fingerprint density at radius 3 is 2.85 bits per heavy atom. The first-order valence-corrected chi connectivity index (χ1v) is 9.88. The predicted molar refractivity (Wildman–Crippen MR) is 101 cm³/mol. The van der Waals surface area contributed by atoms with Crippen LogP contribution in [0.15, 0.2) is 23.3 Å². The second kappa shape index (κ2) is 7.02. The van der Waals surface area contributed by atoms with Crippen molar-refractivity contribution in [1.29, 1.82) is 5.26 Å². The number of amides is 2. The molecule has 1 heterocycles. The molecular formula is C22H30N2O2. The molecule has 4 heteroatoms. The van der Waals surface area contributed by atoms with E-state index >= 15 is 0 Å². The van der Waals surface area contributed by atoms with Crippen LogP contribution in [0, 0.1) is 40.4 Å². The van der Waals surface area contributed by atoms with Crippen LogP contribution in [0.3, 0.4) is 0 Å². The summed E-state index contributed by atoms with van der Waals surface area (Å²) >= 11 is 0. The van der Waals surface area contributed by atoms with Crippen molar-refractivity contribution >= 4 is 11.8 Å². The number of carbonyl (C=O) groups excluding carboxylic acids is 2. The highest BCUT2D eigenvalue weighted by Crippen LogP contribution is 2.59. The van der Waals surface area contributed by atoms with Crippen molar-refractivity contribution < 1.29 is 9.59 Å². The highest BCUT2D eigenvalue weighted by atomic mass is 16.2. The molecule has 0 spiro atoms.